The maximum Gasteiger partial charge on any atom is 0.291 e. The predicted octanol–water partition coefficient (Wildman–Crippen LogP) is 5.28. The first kappa shape index (κ1) is 23.2. The molecule has 39 heavy (non-hydrogen) atoms. The van der Waals surface area contributed by atoms with E-state index in [1.165, 1.54) is 0 Å². The van der Waals surface area contributed by atoms with Crippen molar-refractivity contribution in [1.82, 2.24) is 4.90 Å². The van der Waals surface area contributed by atoms with Gasteiger partial charge in [0.1, 0.15) is 5.58 Å². The maximum absolute atomic E-state index is 14.8. The minimum atomic E-state index is -1.61. The molecular weight excluding hydrogens is 488 g/mol. The summed E-state index contributed by atoms with van der Waals surface area (Å²) < 4.78 is 6.12. The number of nitrogens with zero attached hydrogens (tertiary/aromatic N) is 2. The third-order valence-electron chi connectivity index (χ3n) is 7.79. The molecule has 0 N–H and O–H groups in total. The van der Waals surface area contributed by atoms with Gasteiger partial charge in [-0.15, -0.1) is 0 Å². The van der Waals surface area contributed by atoms with Gasteiger partial charge in [-0.25, -0.2) is 0 Å². The molecule has 0 saturated heterocycles. The largest absolute Gasteiger partial charge is 0.450 e. The van der Waals surface area contributed by atoms with Crippen LogP contribution in [0, 0.1) is 0 Å². The summed E-state index contributed by atoms with van der Waals surface area (Å²) in [7, 11) is 0. The summed E-state index contributed by atoms with van der Waals surface area (Å²) in [5.41, 5.74) is 1.74. The summed E-state index contributed by atoms with van der Waals surface area (Å²) in [4.78, 5) is 46.3. The van der Waals surface area contributed by atoms with Gasteiger partial charge >= 0.3 is 0 Å². The van der Waals surface area contributed by atoms with Gasteiger partial charge in [-0.05, 0) is 35.7 Å². The number of hydrogen-bond donors (Lipinski definition) is 0. The molecule has 1 unspecified atom stereocenters. The number of carbonyl (C=O) groups excluding carboxylic acids is 2. The first-order valence-electron chi connectivity index (χ1n) is 13.0. The zero-order chi connectivity index (χ0) is 26.6. The first-order valence-corrected chi connectivity index (χ1v) is 13.0. The van der Waals surface area contributed by atoms with Crippen LogP contribution in [0.25, 0.3) is 11.0 Å². The average Bonchev–Trinajstić information content (AvgIpc) is 3.37. The van der Waals surface area contributed by atoms with Gasteiger partial charge in [0.05, 0.1) is 23.2 Å². The second kappa shape index (κ2) is 8.81. The second-order valence-corrected chi connectivity index (χ2v) is 9.93. The number of hydrogen-bond acceptors (Lipinski definition) is 4. The van der Waals surface area contributed by atoms with Crippen molar-refractivity contribution in [2.24, 2.45) is 0 Å². The van der Waals surface area contributed by atoms with E-state index in [0.29, 0.717) is 35.2 Å². The molecule has 6 nitrogen and oxygen atoms in total. The Balaban J connectivity index is 1.47. The molecule has 3 heterocycles. The van der Waals surface area contributed by atoms with Crippen LogP contribution >= 0.6 is 0 Å². The number of amides is 2. The quantitative estimate of drug-likeness (QED) is 0.321. The molecule has 1 aromatic heterocycles. The molecule has 2 aliphatic heterocycles. The Morgan fingerprint density at radius 1 is 0.692 bits per heavy atom. The summed E-state index contributed by atoms with van der Waals surface area (Å²) in [6.07, 6.45) is 0.518. The molecule has 5 aromatic rings. The molecule has 2 aliphatic rings. The number of fused-ring (bicyclic) bond motifs is 5. The maximum atomic E-state index is 14.8. The topological polar surface area (TPSA) is 70.8 Å². The van der Waals surface area contributed by atoms with Crippen molar-refractivity contribution in [2.45, 2.75) is 18.5 Å². The van der Waals surface area contributed by atoms with Gasteiger partial charge in [0.25, 0.3) is 11.8 Å². The van der Waals surface area contributed by atoms with Gasteiger partial charge in [0, 0.05) is 12.1 Å². The number of carbonyl (C=O) groups is 2. The van der Waals surface area contributed by atoms with Crippen molar-refractivity contribution in [1.29, 1.82) is 0 Å². The molecule has 0 fully saturated rings. The number of benzene rings is 4. The molecule has 1 atom stereocenters. The molecule has 0 bridgehead atoms. The van der Waals surface area contributed by atoms with Crippen LogP contribution in [0.15, 0.2) is 118 Å². The fourth-order valence-corrected chi connectivity index (χ4v) is 6.05. The Morgan fingerprint density at radius 2 is 1.33 bits per heavy atom. The van der Waals surface area contributed by atoms with E-state index in [4.69, 9.17) is 4.42 Å². The Labute approximate surface area is 224 Å². The average molecular weight is 513 g/mol. The normalized spacial score (nSPS) is 17.7. The Morgan fingerprint density at radius 3 is 2.10 bits per heavy atom. The van der Waals surface area contributed by atoms with Gasteiger partial charge in [0.15, 0.2) is 11.0 Å². The Bertz CT molecular complexity index is 1810. The smallest absolute Gasteiger partial charge is 0.291 e. The van der Waals surface area contributed by atoms with Crippen LogP contribution in [0.2, 0.25) is 0 Å². The highest BCUT2D eigenvalue weighted by Gasteiger charge is 2.64. The lowest BCUT2D eigenvalue weighted by Gasteiger charge is -2.34. The monoisotopic (exact) mass is 512 g/mol. The standard InChI is InChI=1S/C33H24N2O4/c36-29-24-15-7-10-18-27(24)39-30-28(29)33(35(31(30)37)20-19-22-11-3-1-4-12-22)25-16-8-9-17-26(25)34(32(33)38)21-23-13-5-2-6-14-23/h1-18H,19-21H2. The molecule has 0 radical (unpaired) electrons. The van der Waals surface area contributed by atoms with Gasteiger partial charge in [-0.1, -0.05) is 91.0 Å². The summed E-state index contributed by atoms with van der Waals surface area (Å²) >= 11 is 0. The molecule has 0 aliphatic carbocycles. The fraction of sp³-hybridized carbons (Fsp3) is 0.121. The third kappa shape index (κ3) is 3.31. The first-order chi connectivity index (χ1) is 19.1. The van der Waals surface area contributed by atoms with E-state index in [0.717, 1.165) is 11.1 Å². The SMILES string of the molecule is O=C1c2oc3ccccc3c(=O)c2C2(C(=O)N(Cc3ccccc3)c3ccccc32)N1CCc1ccccc1. The molecule has 6 heteroatoms. The van der Waals surface area contributed by atoms with E-state index in [9.17, 15) is 14.4 Å². The van der Waals surface area contributed by atoms with Crippen LogP contribution in [0.3, 0.4) is 0 Å². The molecule has 7 rings (SSSR count). The number of anilines is 1. The highest BCUT2D eigenvalue weighted by molar-refractivity contribution is 6.17. The van der Waals surface area contributed by atoms with E-state index in [1.807, 2.05) is 84.9 Å². The minimum Gasteiger partial charge on any atom is -0.450 e. The molecule has 4 aromatic carbocycles. The van der Waals surface area contributed by atoms with E-state index in [1.54, 1.807) is 34.1 Å². The van der Waals surface area contributed by atoms with Crippen molar-refractivity contribution in [2.75, 3.05) is 11.4 Å². The van der Waals surface area contributed by atoms with Crippen molar-refractivity contribution in [3.8, 4) is 0 Å². The zero-order valence-corrected chi connectivity index (χ0v) is 21.0. The lowest BCUT2D eigenvalue weighted by atomic mass is 9.83. The van der Waals surface area contributed by atoms with E-state index >= 15 is 0 Å². The molecule has 2 amide bonds. The zero-order valence-electron chi connectivity index (χ0n) is 21.0. The molecule has 190 valence electrons. The van der Waals surface area contributed by atoms with Gasteiger partial charge in [0.2, 0.25) is 5.76 Å². The highest BCUT2D eigenvalue weighted by atomic mass is 16.3. The minimum absolute atomic E-state index is 0.0588. The molecular formula is C33H24N2O4. The van der Waals surface area contributed by atoms with Crippen molar-refractivity contribution in [3.05, 3.63) is 147 Å². The van der Waals surface area contributed by atoms with Gasteiger partial charge in [-0.3, -0.25) is 14.4 Å². The third-order valence-corrected chi connectivity index (χ3v) is 7.79. The number of rotatable bonds is 5. The number of para-hydroxylation sites is 2. The van der Waals surface area contributed by atoms with Crippen molar-refractivity contribution in [3.63, 3.8) is 0 Å². The summed E-state index contributed by atoms with van der Waals surface area (Å²) in [5, 5.41) is 0.347. The van der Waals surface area contributed by atoms with Crippen LogP contribution in [-0.2, 0) is 23.3 Å². The van der Waals surface area contributed by atoms with Crippen LogP contribution in [-0.4, -0.2) is 23.3 Å². The van der Waals surface area contributed by atoms with E-state index < -0.39 is 11.4 Å². The van der Waals surface area contributed by atoms with Crippen LogP contribution < -0.4 is 10.3 Å². The molecule has 1 spiro atoms. The van der Waals surface area contributed by atoms with Crippen molar-refractivity contribution < 1.29 is 14.0 Å². The lowest BCUT2D eigenvalue weighted by molar-refractivity contribution is -0.126. The van der Waals surface area contributed by atoms with Gasteiger partial charge in [-0.2, -0.15) is 0 Å². The fourth-order valence-electron chi connectivity index (χ4n) is 6.05. The predicted molar refractivity (Wildman–Crippen MR) is 149 cm³/mol. The van der Waals surface area contributed by atoms with Gasteiger partial charge < -0.3 is 14.2 Å². The Hall–Kier alpha value is -4.97. The van der Waals surface area contributed by atoms with Crippen molar-refractivity contribution >= 4 is 28.5 Å². The summed E-state index contributed by atoms with van der Waals surface area (Å²) in [6.45, 7) is 0.551. The molecule has 0 saturated carbocycles. The van der Waals surface area contributed by atoms with E-state index in [2.05, 4.69) is 0 Å². The van der Waals surface area contributed by atoms with Crippen LogP contribution in [0.1, 0.15) is 32.8 Å². The lowest BCUT2D eigenvalue weighted by Crippen LogP contribution is -2.53. The highest BCUT2D eigenvalue weighted by Crippen LogP contribution is 2.52. The summed E-state index contributed by atoms with van der Waals surface area (Å²) in [6, 6.07) is 33.9. The van der Waals surface area contributed by atoms with E-state index in [-0.39, 0.29) is 29.2 Å². The second-order valence-electron chi connectivity index (χ2n) is 9.93. The van der Waals surface area contributed by atoms with Crippen LogP contribution in [0.4, 0.5) is 5.69 Å². The Kier molecular flexibility index (Phi) is 5.23. The van der Waals surface area contributed by atoms with Crippen LogP contribution in [0.5, 0.6) is 0 Å². The summed E-state index contributed by atoms with van der Waals surface area (Å²) in [5.74, 6) is -0.833.